The Morgan fingerprint density at radius 3 is 1.93 bits per heavy atom. The third kappa shape index (κ3) is 10.7. The van der Waals surface area contributed by atoms with Gasteiger partial charge in [0.1, 0.15) is 0 Å². The maximum Gasteiger partial charge on any atom is -0.0381 e. The highest BCUT2D eigenvalue weighted by molar-refractivity contribution is 7.16. The van der Waals surface area contributed by atoms with Crippen LogP contribution in [0.1, 0.15) is 78.1 Å². The minimum absolute atomic E-state index is 1.03. The van der Waals surface area contributed by atoms with E-state index >= 15 is 0 Å². The van der Waals surface area contributed by atoms with Gasteiger partial charge < -0.3 is 0 Å². The molecule has 0 fully saturated rings. The maximum absolute atomic E-state index is 2.86. The molecule has 0 rings (SSSR count). The molecule has 0 N–H and O–H groups in total. The molecule has 0 saturated carbocycles. The highest BCUT2D eigenvalue weighted by atomic mass is 31.0. The number of hydrogen-bond donors (Lipinski definition) is 0. The van der Waals surface area contributed by atoms with Crippen LogP contribution < -0.4 is 0 Å². The predicted octanol–water partition coefficient (Wildman–Crippen LogP) is 5.42. The van der Waals surface area contributed by atoms with Crippen LogP contribution in [0.2, 0.25) is 0 Å². The summed E-state index contributed by atoms with van der Waals surface area (Å²) < 4.78 is 0. The van der Waals surface area contributed by atoms with E-state index in [1.165, 1.54) is 70.4 Å². The fraction of sp³-hybridized carbons (Fsp3) is 1.00. The van der Waals surface area contributed by atoms with Crippen LogP contribution in [0, 0.1) is 5.92 Å². The normalized spacial score (nSPS) is 13.0. The first-order valence-electron chi connectivity index (χ1n) is 7.05. The molecule has 0 amide bonds. The van der Waals surface area contributed by atoms with Gasteiger partial charge >= 0.3 is 0 Å². The first-order valence-corrected chi connectivity index (χ1v) is 7.86. The average Bonchev–Trinajstić information content (AvgIpc) is 2.27. The first kappa shape index (κ1) is 15.4. The minimum Gasteiger partial charge on any atom is -0.138 e. The van der Waals surface area contributed by atoms with E-state index in [-0.39, 0.29) is 0 Å². The second kappa shape index (κ2) is 12.5. The standard InChI is InChI=1S/C14H31P/c1-3-5-7-8-11-14(10-6-4-2)12-9-13-15/h14H,3-13,15H2,1-2H3. The van der Waals surface area contributed by atoms with Gasteiger partial charge in [-0.05, 0) is 18.5 Å². The molecule has 0 aromatic heterocycles. The quantitative estimate of drug-likeness (QED) is 0.328. The van der Waals surface area contributed by atoms with E-state index in [4.69, 9.17) is 0 Å². The predicted molar refractivity (Wildman–Crippen MR) is 75.6 cm³/mol. The smallest absolute Gasteiger partial charge is 0.0381 e. The molecule has 2 atom stereocenters. The summed E-state index contributed by atoms with van der Waals surface area (Å²) in [5.41, 5.74) is 0. The molecule has 0 bridgehead atoms. The average molecular weight is 230 g/mol. The molecule has 0 saturated heterocycles. The van der Waals surface area contributed by atoms with Crippen molar-refractivity contribution in [2.24, 2.45) is 5.92 Å². The molecule has 92 valence electrons. The molecule has 0 spiro atoms. The third-order valence-electron chi connectivity index (χ3n) is 3.25. The van der Waals surface area contributed by atoms with Gasteiger partial charge in [0.05, 0.1) is 0 Å². The van der Waals surface area contributed by atoms with E-state index < -0.39 is 0 Å². The number of unbranched alkanes of at least 4 members (excludes halogenated alkanes) is 4. The first-order chi connectivity index (χ1) is 7.35. The molecule has 0 aromatic carbocycles. The SMILES string of the molecule is CCCCCCC(CCCC)CCCP. The van der Waals surface area contributed by atoms with Crippen LogP contribution in [-0.4, -0.2) is 6.16 Å². The zero-order chi connectivity index (χ0) is 11.4. The molecule has 0 aliphatic carbocycles. The van der Waals surface area contributed by atoms with Gasteiger partial charge in [0.15, 0.2) is 0 Å². The Morgan fingerprint density at radius 1 is 0.733 bits per heavy atom. The van der Waals surface area contributed by atoms with E-state index in [1.54, 1.807) is 0 Å². The number of hydrogen-bond acceptors (Lipinski definition) is 0. The van der Waals surface area contributed by atoms with Crippen molar-refractivity contribution in [3.05, 3.63) is 0 Å². The highest BCUT2D eigenvalue weighted by Gasteiger charge is 2.07. The Morgan fingerprint density at radius 2 is 1.33 bits per heavy atom. The van der Waals surface area contributed by atoms with E-state index in [0.717, 1.165) is 5.92 Å². The van der Waals surface area contributed by atoms with E-state index in [9.17, 15) is 0 Å². The van der Waals surface area contributed by atoms with Crippen molar-refractivity contribution in [2.45, 2.75) is 78.1 Å². The minimum atomic E-state index is 1.03. The van der Waals surface area contributed by atoms with Crippen molar-refractivity contribution in [3.8, 4) is 0 Å². The molecule has 0 aliphatic heterocycles. The van der Waals surface area contributed by atoms with Crippen LogP contribution >= 0.6 is 9.24 Å². The van der Waals surface area contributed by atoms with Crippen molar-refractivity contribution < 1.29 is 0 Å². The van der Waals surface area contributed by atoms with E-state index in [0.29, 0.717) is 0 Å². The summed E-state index contributed by atoms with van der Waals surface area (Å²) >= 11 is 0. The lowest BCUT2D eigenvalue weighted by Gasteiger charge is -2.15. The van der Waals surface area contributed by atoms with Gasteiger partial charge in [0.25, 0.3) is 0 Å². The van der Waals surface area contributed by atoms with Crippen LogP contribution in [-0.2, 0) is 0 Å². The van der Waals surface area contributed by atoms with Crippen LogP contribution in [0.3, 0.4) is 0 Å². The molecular weight excluding hydrogens is 199 g/mol. The van der Waals surface area contributed by atoms with Crippen molar-refractivity contribution in [1.29, 1.82) is 0 Å². The van der Waals surface area contributed by atoms with Crippen molar-refractivity contribution >= 4 is 9.24 Å². The van der Waals surface area contributed by atoms with E-state index in [2.05, 4.69) is 23.1 Å². The number of rotatable bonds is 11. The fourth-order valence-electron chi connectivity index (χ4n) is 2.19. The summed E-state index contributed by atoms with van der Waals surface area (Å²) in [6, 6.07) is 0. The van der Waals surface area contributed by atoms with Gasteiger partial charge in [-0.2, -0.15) is 0 Å². The molecule has 0 heterocycles. The largest absolute Gasteiger partial charge is 0.138 e. The summed E-state index contributed by atoms with van der Waals surface area (Å²) in [7, 11) is 2.86. The van der Waals surface area contributed by atoms with Gasteiger partial charge in [-0.3, -0.25) is 0 Å². The summed E-state index contributed by atoms with van der Waals surface area (Å²) in [6.45, 7) is 4.60. The zero-order valence-electron chi connectivity index (χ0n) is 10.9. The second-order valence-electron chi connectivity index (χ2n) is 4.79. The Bertz CT molecular complexity index is 104. The Labute approximate surface area is 99.8 Å². The summed E-state index contributed by atoms with van der Waals surface area (Å²) in [5.74, 6) is 1.03. The molecule has 1 heteroatoms. The zero-order valence-corrected chi connectivity index (χ0v) is 12.1. The van der Waals surface area contributed by atoms with Gasteiger partial charge in [-0.15, -0.1) is 9.24 Å². The summed E-state index contributed by atoms with van der Waals surface area (Å²) in [6.07, 6.45) is 15.7. The lowest BCUT2D eigenvalue weighted by atomic mass is 9.91. The lowest BCUT2D eigenvalue weighted by Crippen LogP contribution is -2.01. The van der Waals surface area contributed by atoms with E-state index in [1.807, 2.05) is 0 Å². The Kier molecular flexibility index (Phi) is 12.9. The highest BCUT2D eigenvalue weighted by Crippen LogP contribution is 2.22. The second-order valence-corrected chi connectivity index (χ2v) is 5.37. The molecule has 15 heavy (non-hydrogen) atoms. The molecule has 2 unspecified atom stereocenters. The van der Waals surface area contributed by atoms with Crippen LogP contribution in [0.5, 0.6) is 0 Å². The van der Waals surface area contributed by atoms with Crippen molar-refractivity contribution in [3.63, 3.8) is 0 Å². The summed E-state index contributed by atoms with van der Waals surface area (Å²) in [5, 5.41) is 0. The molecular formula is C14H31P. The summed E-state index contributed by atoms with van der Waals surface area (Å²) in [4.78, 5) is 0. The van der Waals surface area contributed by atoms with Crippen molar-refractivity contribution in [1.82, 2.24) is 0 Å². The van der Waals surface area contributed by atoms with Crippen molar-refractivity contribution in [2.75, 3.05) is 6.16 Å². The lowest BCUT2D eigenvalue weighted by molar-refractivity contribution is 0.385. The molecule has 0 aliphatic rings. The fourth-order valence-corrected chi connectivity index (χ4v) is 2.43. The molecule has 0 nitrogen and oxygen atoms in total. The van der Waals surface area contributed by atoms with Gasteiger partial charge in [-0.25, -0.2) is 0 Å². The molecule has 0 aromatic rings. The maximum atomic E-state index is 2.86. The molecule has 0 radical (unpaired) electrons. The Hall–Kier alpha value is 0.430. The monoisotopic (exact) mass is 230 g/mol. The van der Waals surface area contributed by atoms with Crippen LogP contribution in [0.15, 0.2) is 0 Å². The third-order valence-corrected chi connectivity index (χ3v) is 3.66. The van der Waals surface area contributed by atoms with Gasteiger partial charge in [0, 0.05) is 0 Å². The van der Waals surface area contributed by atoms with Gasteiger partial charge in [-0.1, -0.05) is 71.6 Å². The van der Waals surface area contributed by atoms with Gasteiger partial charge in [0.2, 0.25) is 0 Å². The Balaban J connectivity index is 3.49. The van der Waals surface area contributed by atoms with Crippen LogP contribution in [0.4, 0.5) is 0 Å². The van der Waals surface area contributed by atoms with Crippen LogP contribution in [0.25, 0.3) is 0 Å². The topological polar surface area (TPSA) is 0 Å².